The van der Waals surface area contributed by atoms with Crippen LogP contribution in [0.5, 0.6) is 0 Å². The van der Waals surface area contributed by atoms with Gasteiger partial charge in [0.05, 0.1) is 16.3 Å². The number of halogens is 1. The molecule has 0 fully saturated rings. The standard InChI is InChI=1S/C15H15ClN2O/c1-10-5-7-11(8-6-10)9-18-15(19)12-3-2-4-13(16)14(12)17/h2-8H,9,17H2,1H3,(H,18,19). The number of nitrogens with one attached hydrogen (secondary N) is 1. The van der Waals surface area contributed by atoms with Gasteiger partial charge in [-0.15, -0.1) is 0 Å². The zero-order valence-corrected chi connectivity index (χ0v) is 11.4. The average molecular weight is 275 g/mol. The molecule has 0 aromatic heterocycles. The second-order valence-electron chi connectivity index (χ2n) is 4.37. The number of anilines is 1. The number of nitrogens with two attached hydrogens (primary N) is 1. The van der Waals surface area contributed by atoms with Crippen molar-refractivity contribution in [3.8, 4) is 0 Å². The van der Waals surface area contributed by atoms with Crippen LogP contribution < -0.4 is 11.1 Å². The molecule has 19 heavy (non-hydrogen) atoms. The Hall–Kier alpha value is -2.00. The third-order valence-corrected chi connectivity index (χ3v) is 3.20. The molecular weight excluding hydrogens is 260 g/mol. The number of carbonyl (C=O) groups excluding carboxylic acids is 1. The Labute approximate surface area is 117 Å². The Bertz CT molecular complexity index is 594. The summed E-state index contributed by atoms with van der Waals surface area (Å²) in [6.45, 7) is 2.49. The number of nitrogen functional groups attached to an aromatic ring is 1. The van der Waals surface area contributed by atoms with Crippen molar-refractivity contribution in [3.05, 3.63) is 64.2 Å². The van der Waals surface area contributed by atoms with Crippen molar-refractivity contribution in [2.45, 2.75) is 13.5 Å². The first-order valence-corrected chi connectivity index (χ1v) is 6.33. The molecule has 1 amide bonds. The number of aryl methyl sites for hydroxylation is 1. The van der Waals surface area contributed by atoms with Crippen LogP contribution >= 0.6 is 11.6 Å². The maximum Gasteiger partial charge on any atom is 0.253 e. The maximum atomic E-state index is 12.0. The third-order valence-electron chi connectivity index (χ3n) is 2.87. The summed E-state index contributed by atoms with van der Waals surface area (Å²) in [6, 6.07) is 13.0. The minimum atomic E-state index is -0.222. The van der Waals surface area contributed by atoms with Gasteiger partial charge >= 0.3 is 0 Å². The minimum absolute atomic E-state index is 0.222. The van der Waals surface area contributed by atoms with Gasteiger partial charge in [-0.05, 0) is 24.6 Å². The predicted molar refractivity (Wildman–Crippen MR) is 78.2 cm³/mol. The molecule has 3 nitrogen and oxygen atoms in total. The lowest BCUT2D eigenvalue weighted by Gasteiger charge is -2.08. The number of rotatable bonds is 3. The Morgan fingerprint density at radius 2 is 1.89 bits per heavy atom. The summed E-state index contributed by atoms with van der Waals surface area (Å²) in [4.78, 5) is 12.0. The zero-order valence-electron chi connectivity index (χ0n) is 10.6. The van der Waals surface area contributed by atoms with Crippen LogP contribution in [0.1, 0.15) is 21.5 Å². The summed E-state index contributed by atoms with van der Waals surface area (Å²) in [5.74, 6) is -0.222. The second kappa shape index (κ2) is 5.76. The number of carbonyl (C=O) groups is 1. The number of amides is 1. The first-order chi connectivity index (χ1) is 9.08. The largest absolute Gasteiger partial charge is 0.397 e. The van der Waals surface area contributed by atoms with Gasteiger partial charge in [0.25, 0.3) is 5.91 Å². The van der Waals surface area contributed by atoms with Gasteiger partial charge in [0.15, 0.2) is 0 Å². The molecule has 0 saturated carbocycles. The van der Waals surface area contributed by atoms with Crippen LogP contribution in [0.2, 0.25) is 5.02 Å². The number of para-hydroxylation sites is 1. The van der Waals surface area contributed by atoms with Gasteiger partial charge in [0.1, 0.15) is 0 Å². The summed E-state index contributed by atoms with van der Waals surface area (Å²) in [5.41, 5.74) is 8.72. The first kappa shape index (κ1) is 13.4. The van der Waals surface area contributed by atoms with E-state index in [-0.39, 0.29) is 5.91 Å². The van der Waals surface area contributed by atoms with E-state index in [0.717, 1.165) is 5.56 Å². The summed E-state index contributed by atoms with van der Waals surface area (Å²) in [7, 11) is 0. The summed E-state index contributed by atoms with van der Waals surface area (Å²) >= 11 is 5.89. The highest BCUT2D eigenvalue weighted by atomic mass is 35.5. The number of hydrogen-bond acceptors (Lipinski definition) is 2. The SMILES string of the molecule is Cc1ccc(CNC(=O)c2cccc(Cl)c2N)cc1. The van der Waals surface area contributed by atoms with Gasteiger partial charge in [-0.25, -0.2) is 0 Å². The van der Waals surface area contributed by atoms with Crippen LogP contribution in [0.4, 0.5) is 5.69 Å². The van der Waals surface area contributed by atoms with Crippen LogP contribution in [0, 0.1) is 6.92 Å². The fraction of sp³-hybridized carbons (Fsp3) is 0.133. The molecule has 2 aromatic rings. The highest BCUT2D eigenvalue weighted by molar-refractivity contribution is 6.33. The Balaban J connectivity index is 2.05. The van der Waals surface area contributed by atoms with Crippen molar-refractivity contribution < 1.29 is 4.79 Å². The normalized spacial score (nSPS) is 10.2. The number of hydrogen-bond donors (Lipinski definition) is 2. The fourth-order valence-corrected chi connectivity index (χ4v) is 1.89. The molecule has 0 bridgehead atoms. The van der Waals surface area contributed by atoms with E-state index in [0.29, 0.717) is 22.8 Å². The fourth-order valence-electron chi connectivity index (χ4n) is 1.72. The van der Waals surface area contributed by atoms with Gasteiger partial charge in [0, 0.05) is 6.54 Å². The van der Waals surface area contributed by atoms with E-state index in [2.05, 4.69) is 5.32 Å². The van der Waals surface area contributed by atoms with E-state index < -0.39 is 0 Å². The molecule has 98 valence electrons. The molecule has 0 atom stereocenters. The average Bonchev–Trinajstić information content (AvgIpc) is 2.41. The molecule has 0 aliphatic heterocycles. The molecule has 2 aromatic carbocycles. The second-order valence-corrected chi connectivity index (χ2v) is 4.78. The monoisotopic (exact) mass is 274 g/mol. The third kappa shape index (κ3) is 3.26. The highest BCUT2D eigenvalue weighted by Crippen LogP contribution is 2.22. The molecule has 2 rings (SSSR count). The van der Waals surface area contributed by atoms with E-state index in [9.17, 15) is 4.79 Å². The molecule has 0 unspecified atom stereocenters. The maximum absolute atomic E-state index is 12.0. The van der Waals surface area contributed by atoms with Crippen LogP contribution in [0.25, 0.3) is 0 Å². The van der Waals surface area contributed by atoms with Crippen molar-refractivity contribution >= 4 is 23.2 Å². The van der Waals surface area contributed by atoms with Gasteiger partial charge in [-0.3, -0.25) is 4.79 Å². The highest BCUT2D eigenvalue weighted by Gasteiger charge is 2.11. The topological polar surface area (TPSA) is 55.1 Å². The zero-order chi connectivity index (χ0) is 13.8. The summed E-state index contributed by atoms with van der Waals surface area (Å²) in [5, 5.41) is 3.22. The predicted octanol–water partition coefficient (Wildman–Crippen LogP) is 3.16. The van der Waals surface area contributed by atoms with E-state index in [4.69, 9.17) is 17.3 Å². The van der Waals surface area contributed by atoms with Crippen LogP contribution in [0.15, 0.2) is 42.5 Å². The number of benzene rings is 2. The van der Waals surface area contributed by atoms with Crippen LogP contribution in [-0.2, 0) is 6.54 Å². The Morgan fingerprint density at radius 1 is 1.21 bits per heavy atom. The molecule has 3 N–H and O–H groups in total. The van der Waals surface area contributed by atoms with Crippen LogP contribution in [-0.4, -0.2) is 5.91 Å². The van der Waals surface area contributed by atoms with Gasteiger partial charge in [-0.1, -0.05) is 47.5 Å². The molecule has 4 heteroatoms. The van der Waals surface area contributed by atoms with Crippen molar-refractivity contribution in [2.24, 2.45) is 0 Å². The Kier molecular flexibility index (Phi) is 4.07. The van der Waals surface area contributed by atoms with Crippen LogP contribution in [0.3, 0.4) is 0 Å². The quantitative estimate of drug-likeness (QED) is 0.845. The smallest absolute Gasteiger partial charge is 0.253 e. The van der Waals surface area contributed by atoms with Gasteiger partial charge in [-0.2, -0.15) is 0 Å². The van der Waals surface area contributed by atoms with Crippen molar-refractivity contribution in [1.29, 1.82) is 0 Å². The molecule has 0 radical (unpaired) electrons. The molecule has 0 aliphatic carbocycles. The minimum Gasteiger partial charge on any atom is -0.397 e. The van der Waals surface area contributed by atoms with E-state index >= 15 is 0 Å². The molecule has 0 saturated heterocycles. The van der Waals surface area contributed by atoms with Gasteiger partial charge < -0.3 is 11.1 Å². The van der Waals surface area contributed by atoms with E-state index in [1.807, 2.05) is 31.2 Å². The van der Waals surface area contributed by atoms with E-state index in [1.165, 1.54) is 5.56 Å². The van der Waals surface area contributed by atoms with Crippen molar-refractivity contribution in [1.82, 2.24) is 5.32 Å². The lowest BCUT2D eigenvalue weighted by Crippen LogP contribution is -2.23. The van der Waals surface area contributed by atoms with Crippen molar-refractivity contribution in [3.63, 3.8) is 0 Å². The van der Waals surface area contributed by atoms with Crippen molar-refractivity contribution in [2.75, 3.05) is 5.73 Å². The lowest BCUT2D eigenvalue weighted by atomic mass is 10.1. The Morgan fingerprint density at radius 3 is 2.58 bits per heavy atom. The summed E-state index contributed by atoms with van der Waals surface area (Å²) < 4.78 is 0. The first-order valence-electron chi connectivity index (χ1n) is 5.95. The molecule has 0 heterocycles. The summed E-state index contributed by atoms with van der Waals surface area (Å²) in [6.07, 6.45) is 0. The van der Waals surface area contributed by atoms with Gasteiger partial charge in [0.2, 0.25) is 0 Å². The lowest BCUT2D eigenvalue weighted by molar-refractivity contribution is 0.0952. The molecular formula is C15H15ClN2O. The molecule has 0 aliphatic rings. The van der Waals surface area contributed by atoms with E-state index in [1.54, 1.807) is 18.2 Å². The molecule has 0 spiro atoms.